The molecule has 1 saturated carbocycles. The highest BCUT2D eigenvalue weighted by Gasteiger charge is 2.24. The van der Waals surface area contributed by atoms with E-state index in [4.69, 9.17) is 0 Å². The summed E-state index contributed by atoms with van der Waals surface area (Å²) < 4.78 is 0. The average molecular weight is 428 g/mol. The molecule has 1 fully saturated rings. The quantitative estimate of drug-likeness (QED) is 0.354. The van der Waals surface area contributed by atoms with E-state index in [0.29, 0.717) is 6.04 Å². The van der Waals surface area contributed by atoms with Crippen molar-refractivity contribution in [2.75, 3.05) is 39.5 Å². The van der Waals surface area contributed by atoms with Crippen LogP contribution in [0.5, 0.6) is 0 Å². The lowest BCUT2D eigenvalue weighted by atomic mass is 10.2. The molecular weight excluding hydrogens is 395 g/mol. The lowest BCUT2D eigenvalue weighted by Crippen LogP contribution is -2.45. The van der Waals surface area contributed by atoms with Crippen molar-refractivity contribution < 1.29 is 0 Å². The molecule has 0 aromatic rings. The molecule has 1 aliphatic carbocycles. The Labute approximate surface area is 152 Å². The Bertz CT molecular complexity index is 289. The fraction of sp³-hybridized carbons (Fsp3) is 0.933. The highest BCUT2D eigenvalue weighted by molar-refractivity contribution is 14.0. The molecule has 0 saturated heterocycles. The smallest absolute Gasteiger partial charge is 0.191 e. The first kappa shape index (κ1) is 21.3. The van der Waals surface area contributed by atoms with Crippen LogP contribution < -0.4 is 10.6 Å². The van der Waals surface area contributed by atoms with E-state index in [9.17, 15) is 0 Å². The summed E-state index contributed by atoms with van der Waals surface area (Å²) in [6, 6.07) is 0.594. The molecule has 2 atom stereocenters. The fourth-order valence-corrected chi connectivity index (χ4v) is 3.55. The Hall–Kier alpha value is 0.310. The van der Waals surface area contributed by atoms with Crippen molar-refractivity contribution >= 4 is 41.7 Å². The first-order valence-electron chi connectivity index (χ1n) is 7.95. The van der Waals surface area contributed by atoms with Crippen molar-refractivity contribution in [3.8, 4) is 0 Å². The van der Waals surface area contributed by atoms with Crippen LogP contribution in [-0.4, -0.2) is 61.6 Å². The van der Waals surface area contributed by atoms with Gasteiger partial charge in [-0.05, 0) is 45.0 Å². The molecule has 0 aromatic heterocycles. The number of nitrogens with zero attached hydrogens (tertiary/aromatic N) is 2. The van der Waals surface area contributed by atoms with Crippen molar-refractivity contribution in [3.05, 3.63) is 0 Å². The number of nitrogens with one attached hydrogen (secondary N) is 2. The molecule has 0 aliphatic heterocycles. The zero-order chi connectivity index (χ0) is 14.8. The summed E-state index contributed by atoms with van der Waals surface area (Å²) in [5.74, 6) is 0.962. The van der Waals surface area contributed by atoms with Crippen LogP contribution >= 0.6 is 35.7 Å². The number of rotatable bonds is 8. The van der Waals surface area contributed by atoms with Gasteiger partial charge in [-0.1, -0.05) is 13.8 Å². The van der Waals surface area contributed by atoms with Crippen LogP contribution in [0.2, 0.25) is 0 Å². The average Bonchev–Trinajstić information content (AvgIpc) is 2.92. The maximum atomic E-state index is 4.34. The summed E-state index contributed by atoms with van der Waals surface area (Å²) in [4.78, 5) is 6.81. The molecule has 0 heterocycles. The first-order chi connectivity index (χ1) is 9.73. The minimum atomic E-state index is 0. The first-order valence-corrected chi connectivity index (χ1v) is 9.24. The fourth-order valence-electron chi connectivity index (χ4n) is 2.75. The number of hydrogen-bond acceptors (Lipinski definition) is 3. The van der Waals surface area contributed by atoms with E-state index < -0.39 is 0 Å². The summed E-state index contributed by atoms with van der Waals surface area (Å²) >= 11 is 1.99. The highest BCUT2D eigenvalue weighted by Crippen LogP contribution is 2.27. The van der Waals surface area contributed by atoms with Gasteiger partial charge in [0.2, 0.25) is 0 Å². The Morgan fingerprint density at radius 3 is 2.57 bits per heavy atom. The molecular formula is C15H33IN4S. The number of halogens is 1. The van der Waals surface area contributed by atoms with Gasteiger partial charge in [-0.3, -0.25) is 4.99 Å². The van der Waals surface area contributed by atoms with E-state index >= 15 is 0 Å². The zero-order valence-corrected chi connectivity index (χ0v) is 17.2. The maximum Gasteiger partial charge on any atom is 0.191 e. The van der Waals surface area contributed by atoms with Crippen LogP contribution in [0.15, 0.2) is 4.99 Å². The number of aliphatic imine (C=N–C) groups is 1. The topological polar surface area (TPSA) is 39.7 Å². The molecule has 0 spiro atoms. The van der Waals surface area contributed by atoms with Gasteiger partial charge in [0.05, 0.1) is 0 Å². The molecule has 21 heavy (non-hydrogen) atoms. The summed E-state index contributed by atoms with van der Waals surface area (Å²) in [6.07, 6.45) is 7.30. The molecule has 0 radical (unpaired) electrons. The van der Waals surface area contributed by atoms with Crippen LogP contribution in [0.1, 0.15) is 39.5 Å². The Morgan fingerprint density at radius 2 is 2.05 bits per heavy atom. The monoisotopic (exact) mass is 428 g/mol. The van der Waals surface area contributed by atoms with E-state index in [1.165, 1.54) is 32.2 Å². The SMILES string of the molecule is CCCN(CC)CCNC(=NC)NC1CCC(SC)C1.I. The van der Waals surface area contributed by atoms with E-state index in [-0.39, 0.29) is 24.0 Å². The van der Waals surface area contributed by atoms with Gasteiger partial charge in [-0.2, -0.15) is 11.8 Å². The van der Waals surface area contributed by atoms with E-state index in [0.717, 1.165) is 30.8 Å². The van der Waals surface area contributed by atoms with Gasteiger partial charge in [0.15, 0.2) is 5.96 Å². The Balaban J connectivity index is 0.00000400. The molecule has 0 aromatic carbocycles. The highest BCUT2D eigenvalue weighted by atomic mass is 127. The molecule has 1 aliphatic rings. The van der Waals surface area contributed by atoms with Crippen molar-refractivity contribution in [1.82, 2.24) is 15.5 Å². The lowest BCUT2D eigenvalue weighted by molar-refractivity contribution is 0.292. The molecule has 0 bridgehead atoms. The molecule has 1 rings (SSSR count). The van der Waals surface area contributed by atoms with Gasteiger partial charge in [-0.25, -0.2) is 0 Å². The largest absolute Gasteiger partial charge is 0.355 e. The van der Waals surface area contributed by atoms with Crippen molar-refractivity contribution in [3.63, 3.8) is 0 Å². The van der Waals surface area contributed by atoms with Crippen LogP contribution in [0.25, 0.3) is 0 Å². The standard InChI is InChI=1S/C15H32N4S.HI/c1-5-10-19(6-2)11-9-17-15(16-3)18-13-7-8-14(12-13)20-4;/h13-14H,5-12H2,1-4H3,(H2,16,17,18);1H. The Morgan fingerprint density at radius 1 is 1.29 bits per heavy atom. The number of hydrogen-bond donors (Lipinski definition) is 2. The predicted molar refractivity (Wildman–Crippen MR) is 107 cm³/mol. The second-order valence-corrected chi connectivity index (χ2v) is 6.58. The normalized spacial score (nSPS) is 22.2. The molecule has 6 heteroatoms. The third-order valence-corrected chi connectivity index (χ3v) is 5.08. The van der Waals surface area contributed by atoms with Crippen LogP contribution in [-0.2, 0) is 0 Å². The Kier molecular flexibility index (Phi) is 13.0. The van der Waals surface area contributed by atoms with E-state index in [1.54, 1.807) is 0 Å². The van der Waals surface area contributed by atoms with Gasteiger partial charge < -0.3 is 15.5 Å². The van der Waals surface area contributed by atoms with Crippen molar-refractivity contribution in [2.45, 2.75) is 50.8 Å². The van der Waals surface area contributed by atoms with Gasteiger partial charge in [0.25, 0.3) is 0 Å². The van der Waals surface area contributed by atoms with Gasteiger partial charge in [-0.15, -0.1) is 24.0 Å². The second-order valence-electron chi connectivity index (χ2n) is 5.45. The van der Waals surface area contributed by atoms with Crippen LogP contribution in [0, 0.1) is 0 Å². The lowest BCUT2D eigenvalue weighted by Gasteiger charge is -2.21. The summed E-state index contributed by atoms with van der Waals surface area (Å²) in [6.45, 7) is 8.82. The minimum Gasteiger partial charge on any atom is -0.355 e. The minimum absolute atomic E-state index is 0. The third-order valence-electron chi connectivity index (χ3n) is 3.99. The van der Waals surface area contributed by atoms with Crippen LogP contribution in [0.4, 0.5) is 0 Å². The molecule has 126 valence electrons. The van der Waals surface area contributed by atoms with Gasteiger partial charge in [0, 0.05) is 31.4 Å². The summed E-state index contributed by atoms with van der Waals surface area (Å²) in [5.41, 5.74) is 0. The predicted octanol–water partition coefficient (Wildman–Crippen LogP) is 2.79. The van der Waals surface area contributed by atoms with Gasteiger partial charge in [0.1, 0.15) is 0 Å². The van der Waals surface area contributed by atoms with Crippen molar-refractivity contribution in [2.24, 2.45) is 4.99 Å². The maximum absolute atomic E-state index is 4.34. The summed E-state index contributed by atoms with van der Waals surface area (Å²) in [7, 11) is 1.86. The zero-order valence-electron chi connectivity index (χ0n) is 14.0. The molecule has 2 unspecified atom stereocenters. The molecule has 2 N–H and O–H groups in total. The summed E-state index contributed by atoms with van der Waals surface area (Å²) in [5, 5.41) is 7.83. The van der Waals surface area contributed by atoms with E-state index in [2.05, 4.69) is 40.6 Å². The number of likely N-dealkylation sites (N-methyl/N-ethyl adjacent to an activating group) is 1. The molecule has 0 amide bonds. The third kappa shape index (κ3) is 8.50. The number of guanidine groups is 1. The van der Waals surface area contributed by atoms with E-state index in [1.807, 2.05) is 18.8 Å². The van der Waals surface area contributed by atoms with Crippen molar-refractivity contribution in [1.29, 1.82) is 0 Å². The molecule has 4 nitrogen and oxygen atoms in total. The number of thioether (sulfide) groups is 1. The second kappa shape index (κ2) is 12.8. The van der Waals surface area contributed by atoms with Gasteiger partial charge >= 0.3 is 0 Å². The van der Waals surface area contributed by atoms with Crippen LogP contribution in [0.3, 0.4) is 0 Å².